The van der Waals surface area contributed by atoms with Gasteiger partial charge < -0.3 is 9.32 Å². The number of amides is 1. The Balaban J connectivity index is 2.00. The highest BCUT2D eigenvalue weighted by Crippen LogP contribution is 2.26. The van der Waals surface area contributed by atoms with E-state index in [1.807, 2.05) is 0 Å². The summed E-state index contributed by atoms with van der Waals surface area (Å²) in [7, 11) is 0. The summed E-state index contributed by atoms with van der Waals surface area (Å²) in [4.78, 5) is 24.1. The molecule has 1 aromatic rings. The third-order valence-electron chi connectivity index (χ3n) is 3.33. The van der Waals surface area contributed by atoms with Crippen LogP contribution >= 0.6 is 0 Å². The summed E-state index contributed by atoms with van der Waals surface area (Å²) in [5, 5.41) is 0. The molecule has 2 heterocycles. The number of rotatable bonds is 4. The fourth-order valence-corrected chi connectivity index (χ4v) is 2.13. The van der Waals surface area contributed by atoms with E-state index in [0.29, 0.717) is 42.6 Å². The molecule has 1 aliphatic rings. The second-order valence-electron chi connectivity index (χ2n) is 4.90. The zero-order chi connectivity index (χ0) is 12.4. The number of carbonyl (C=O) groups is 2. The average Bonchev–Trinajstić information content (AvgIpc) is 2.87. The lowest BCUT2D eigenvalue weighted by Gasteiger charge is -2.16. The van der Waals surface area contributed by atoms with E-state index in [-0.39, 0.29) is 5.91 Å². The molecule has 2 rings (SSSR count). The van der Waals surface area contributed by atoms with Crippen molar-refractivity contribution in [3.63, 3.8) is 0 Å². The molecular formula is C13H17NO3. The maximum Gasteiger partial charge on any atom is 0.223 e. The molecule has 4 nitrogen and oxygen atoms in total. The van der Waals surface area contributed by atoms with E-state index in [1.165, 1.54) is 0 Å². The number of furan rings is 1. The van der Waals surface area contributed by atoms with Crippen LogP contribution < -0.4 is 0 Å². The van der Waals surface area contributed by atoms with Crippen LogP contribution in [0.2, 0.25) is 0 Å². The van der Waals surface area contributed by atoms with Crippen LogP contribution in [-0.2, 0) is 11.3 Å². The van der Waals surface area contributed by atoms with Crippen LogP contribution in [0.1, 0.15) is 36.6 Å². The molecule has 92 valence electrons. The predicted molar refractivity (Wildman–Crippen MR) is 62.5 cm³/mol. The van der Waals surface area contributed by atoms with E-state index >= 15 is 0 Å². The van der Waals surface area contributed by atoms with Gasteiger partial charge in [0.25, 0.3) is 0 Å². The summed E-state index contributed by atoms with van der Waals surface area (Å²) in [6, 6.07) is 3.38. The number of carbonyl (C=O) groups excluding carboxylic acids is 2. The maximum absolute atomic E-state index is 11.8. The fraction of sp³-hybridized carbons (Fsp3) is 0.538. The Morgan fingerprint density at radius 3 is 2.82 bits per heavy atom. The first-order chi connectivity index (χ1) is 8.10. The van der Waals surface area contributed by atoms with Crippen molar-refractivity contribution in [2.45, 2.75) is 26.8 Å². The van der Waals surface area contributed by atoms with Gasteiger partial charge in [-0.25, -0.2) is 0 Å². The largest absolute Gasteiger partial charge is 0.456 e. The maximum atomic E-state index is 11.8. The molecule has 0 aromatic carbocycles. The molecule has 0 aliphatic carbocycles. The molecule has 0 spiro atoms. The first kappa shape index (κ1) is 11.9. The molecule has 0 radical (unpaired) electrons. The number of hydrogen-bond donors (Lipinski definition) is 0. The van der Waals surface area contributed by atoms with Gasteiger partial charge in [0.2, 0.25) is 5.91 Å². The van der Waals surface area contributed by atoms with Crippen molar-refractivity contribution in [1.29, 1.82) is 0 Å². The van der Waals surface area contributed by atoms with Gasteiger partial charge >= 0.3 is 0 Å². The van der Waals surface area contributed by atoms with E-state index in [9.17, 15) is 9.59 Å². The molecule has 1 fully saturated rings. The molecular weight excluding hydrogens is 218 g/mol. The van der Waals surface area contributed by atoms with Crippen LogP contribution in [0.15, 0.2) is 16.5 Å². The minimum absolute atomic E-state index is 0.174. The SMILES string of the molecule is CC(C)C1CC(=O)N(Cc2ccc(C=O)o2)C1. The first-order valence-electron chi connectivity index (χ1n) is 5.92. The van der Waals surface area contributed by atoms with Crippen LogP contribution in [0, 0.1) is 11.8 Å². The molecule has 1 amide bonds. The zero-order valence-electron chi connectivity index (χ0n) is 10.2. The van der Waals surface area contributed by atoms with Crippen LogP contribution in [0.25, 0.3) is 0 Å². The average molecular weight is 235 g/mol. The van der Waals surface area contributed by atoms with Gasteiger partial charge in [0.15, 0.2) is 12.0 Å². The molecule has 1 aromatic heterocycles. The molecule has 1 aliphatic heterocycles. The lowest BCUT2D eigenvalue weighted by atomic mass is 9.95. The van der Waals surface area contributed by atoms with Gasteiger partial charge in [-0.05, 0) is 24.0 Å². The third kappa shape index (κ3) is 2.57. The highest BCUT2D eigenvalue weighted by molar-refractivity contribution is 5.78. The summed E-state index contributed by atoms with van der Waals surface area (Å²) in [6.07, 6.45) is 1.30. The van der Waals surface area contributed by atoms with E-state index in [4.69, 9.17) is 4.42 Å². The molecule has 1 atom stereocenters. The minimum Gasteiger partial charge on any atom is -0.456 e. The molecule has 0 bridgehead atoms. The van der Waals surface area contributed by atoms with Crippen molar-refractivity contribution < 1.29 is 14.0 Å². The quantitative estimate of drug-likeness (QED) is 0.751. The smallest absolute Gasteiger partial charge is 0.223 e. The van der Waals surface area contributed by atoms with Crippen LogP contribution in [0.4, 0.5) is 0 Å². The van der Waals surface area contributed by atoms with Gasteiger partial charge in [-0.3, -0.25) is 9.59 Å². The minimum atomic E-state index is 0.174. The Morgan fingerprint density at radius 2 is 2.29 bits per heavy atom. The number of nitrogens with zero attached hydrogens (tertiary/aromatic N) is 1. The second-order valence-corrected chi connectivity index (χ2v) is 4.90. The van der Waals surface area contributed by atoms with Crippen molar-refractivity contribution in [3.05, 3.63) is 23.7 Å². The van der Waals surface area contributed by atoms with Crippen LogP contribution in [0.3, 0.4) is 0 Å². The van der Waals surface area contributed by atoms with Crippen molar-refractivity contribution in [2.75, 3.05) is 6.54 Å². The summed E-state index contributed by atoms with van der Waals surface area (Å²) in [5.74, 6) is 2.11. The topological polar surface area (TPSA) is 50.5 Å². The van der Waals surface area contributed by atoms with Gasteiger partial charge in [-0.1, -0.05) is 13.8 Å². The summed E-state index contributed by atoms with van der Waals surface area (Å²) in [5.41, 5.74) is 0. The van der Waals surface area contributed by atoms with E-state index in [0.717, 1.165) is 6.54 Å². The van der Waals surface area contributed by atoms with Crippen LogP contribution in [-0.4, -0.2) is 23.6 Å². The van der Waals surface area contributed by atoms with Gasteiger partial charge in [-0.15, -0.1) is 0 Å². The van der Waals surface area contributed by atoms with Crippen molar-refractivity contribution in [3.8, 4) is 0 Å². The Labute approximate surface area is 101 Å². The van der Waals surface area contributed by atoms with Gasteiger partial charge in [0.1, 0.15) is 5.76 Å². The summed E-state index contributed by atoms with van der Waals surface area (Å²) < 4.78 is 5.28. The number of hydrogen-bond acceptors (Lipinski definition) is 3. The van der Waals surface area contributed by atoms with Crippen molar-refractivity contribution in [2.24, 2.45) is 11.8 Å². The van der Waals surface area contributed by atoms with Crippen molar-refractivity contribution >= 4 is 12.2 Å². The second kappa shape index (κ2) is 4.73. The van der Waals surface area contributed by atoms with Crippen LogP contribution in [0.5, 0.6) is 0 Å². The molecule has 1 saturated heterocycles. The zero-order valence-corrected chi connectivity index (χ0v) is 10.2. The van der Waals surface area contributed by atoms with E-state index in [2.05, 4.69) is 13.8 Å². The normalized spacial score (nSPS) is 20.3. The first-order valence-corrected chi connectivity index (χ1v) is 5.92. The molecule has 1 unspecified atom stereocenters. The Hall–Kier alpha value is -1.58. The molecule has 0 saturated carbocycles. The Morgan fingerprint density at radius 1 is 1.53 bits per heavy atom. The number of aldehydes is 1. The molecule has 17 heavy (non-hydrogen) atoms. The Bertz CT molecular complexity index is 422. The summed E-state index contributed by atoms with van der Waals surface area (Å²) in [6.45, 7) is 5.53. The van der Waals surface area contributed by atoms with E-state index < -0.39 is 0 Å². The van der Waals surface area contributed by atoms with Gasteiger partial charge in [0, 0.05) is 13.0 Å². The molecule has 0 N–H and O–H groups in total. The van der Waals surface area contributed by atoms with Gasteiger partial charge in [0.05, 0.1) is 6.54 Å². The predicted octanol–water partition coefficient (Wildman–Crippen LogP) is 2.10. The standard InChI is InChI=1S/C13H17NO3/c1-9(2)10-5-13(16)14(6-10)7-11-3-4-12(8-15)17-11/h3-4,8-10H,5-7H2,1-2H3. The third-order valence-corrected chi connectivity index (χ3v) is 3.33. The summed E-state index contributed by atoms with van der Waals surface area (Å²) >= 11 is 0. The monoisotopic (exact) mass is 235 g/mol. The fourth-order valence-electron chi connectivity index (χ4n) is 2.13. The highest BCUT2D eigenvalue weighted by atomic mass is 16.3. The lowest BCUT2D eigenvalue weighted by molar-refractivity contribution is -0.128. The number of likely N-dealkylation sites (tertiary alicyclic amines) is 1. The highest BCUT2D eigenvalue weighted by Gasteiger charge is 2.31. The van der Waals surface area contributed by atoms with Crippen molar-refractivity contribution in [1.82, 2.24) is 4.90 Å². The Kier molecular flexibility index (Phi) is 3.31. The van der Waals surface area contributed by atoms with E-state index in [1.54, 1.807) is 17.0 Å². The molecule has 4 heteroatoms. The lowest BCUT2D eigenvalue weighted by Crippen LogP contribution is -2.24. The van der Waals surface area contributed by atoms with Gasteiger partial charge in [-0.2, -0.15) is 0 Å².